The van der Waals surface area contributed by atoms with Gasteiger partial charge in [-0.1, -0.05) is 18.2 Å². The fourth-order valence-electron chi connectivity index (χ4n) is 3.95. The molecule has 0 aliphatic carbocycles. The summed E-state index contributed by atoms with van der Waals surface area (Å²) in [6.45, 7) is 3.10. The summed E-state index contributed by atoms with van der Waals surface area (Å²) in [6, 6.07) is 13.8. The van der Waals surface area contributed by atoms with Crippen LogP contribution in [0.5, 0.6) is 11.7 Å². The molecule has 3 unspecified atom stereocenters. The van der Waals surface area contributed by atoms with E-state index < -0.39 is 0 Å². The van der Waals surface area contributed by atoms with Crippen molar-refractivity contribution in [3.8, 4) is 11.7 Å². The fraction of sp³-hybridized carbons (Fsp3) is 0.500. The normalized spacial score (nSPS) is 27.5. The minimum atomic E-state index is -0.257. The van der Waals surface area contributed by atoms with Gasteiger partial charge in [-0.05, 0) is 44.0 Å². The van der Waals surface area contributed by atoms with Crippen LogP contribution in [-0.4, -0.2) is 41.9 Å². The Balaban J connectivity index is 1.39. The van der Waals surface area contributed by atoms with Gasteiger partial charge in [-0.25, -0.2) is 0 Å². The first-order valence-corrected chi connectivity index (χ1v) is 9.11. The minimum absolute atomic E-state index is 0.200. The summed E-state index contributed by atoms with van der Waals surface area (Å²) < 4.78 is 17.2. The lowest BCUT2D eigenvalue weighted by molar-refractivity contribution is -0.0642. The lowest BCUT2D eigenvalue weighted by Crippen LogP contribution is -2.45. The van der Waals surface area contributed by atoms with Gasteiger partial charge in [0.25, 0.3) is 5.95 Å². The van der Waals surface area contributed by atoms with Crippen LogP contribution in [0.15, 0.2) is 46.9 Å². The number of aliphatic hydroxyl groups excluding tert-OH is 1. The molecule has 0 saturated carbocycles. The summed E-state index contributed by atoms with van der Waals surface area (Å²) in [5, 5.41) is 10.3. The third-order valence-corrected chi connectivity index (χ3v) is 5.23. The Bertz CT molecular complexity index is 671. The molecule has 5 heteroatoms. The summed E-state index contributed by atoms with van der Waals surface area (Å²) in [6.07, 6.45) is 2.75. The molecule has 0 bridgehead atoms. The number of para-hydroxylation sites is 1. The van der Waals surface area contributed by atoms with E-state index >= 15 is 0 Å². The molecule has 4 rings (SSSR count). The Kier molecular flexibility index (Phi) is 5.06. The van der Waals surface area contributed by atoms with Gasteiger partial charge in [0, 0.05) is 24.6 Å². The van der Waals surface area contributed by atoms with Crippen LogP contribution in [-0.2, 0) is 11.3 Å². The molecular weight excluding hydrogens is 318 g/mol. The second kappa shape index (κ2) is 7.60. The van der Waals surface area contributed by atoms with Gasteiger partial charge in [0.2, 0.25) is 0 Å². The van der Waals surface area contributed by atoms with Gasteiger partial charge in [0.15, 0.2) is 0 Å². The second-order valence-electron chi connectivity index (χ2n) is 6.91. The number of ether oxygens (including phenoxy) is 2. The van der Waals surface area contributed by atoms with E-state index in [1.165, 1.54) is 0 Å². The summed E-state index contributed by atoms with van der Waals surface area (Å²) in [5.74, 6) is 2.37. The zero-order valence-corrected chi connectivity index (χ0v) is 14.3. The molecule has 134 valence electrons. The van der Waals surface area contributed by atoms with Crippen molar-refractivity contribution in [3.63, 3.8) is 0 Å². The zero-order chi connectivity index (χ0) is 17.1. The summed E-state index contributed by atoms with van der Waals surface area (Å²) in [7, 11) is 0. The predicted octanol–water partition coefficient (Wildman–Crippen LogP) is 3.43. The highest BCUT2D eigenvalue weighted by molar-refractivity contribution is 5.26. The molecule has 3 heterocycles. The highest BCUT2D eigenvalue weighted by Crippen LogP contribution is 2.32. The Morgan fingerprint density at radius 1 is 1.12 bits per heavy atom. The van der Waals surface area contributed by atoms with Crippen molar-refractivity contribution in [2.24, 2.45) is 5.92 Å². The predicted molar refractivity (Wildman–Crippen MR) is 93.6 cm³/mol. The van der Waals surface area contributed by atoms with Gasteiger partial charge in [-0.3, -0.25) is 4.90 Å². The van der Waals surface area contributed by atoms with Gasteiger partial charge in [0.1, 0.15) is 11.5 Å². The first-order valence-electron chi connectivity index (χ1n) is 9.11. The number of hydrogen-bond acceptors (Lipinski definition) is 5. The maximum absolute atomic E-state index is 10.3. The number of benzene rings is 1. The van der Waals surface area contributed by atoms with E-state index in [0.717, 1.165) is 43.9 Å². The van der Waals surface area contributed by atoms with Crippen molar-refractivity contribution in [1.29, 1.82) is 0 Å². The summed E-state index contributed by atoms with van der Waals surface area (Å²) >= 11 is 0. The fourth-order valence-corrected chi connectivity index (χ4v) is 3.95. The van der Waals surface area contributed by atoms with E-state index in [1.54, 1.807) is 0 Å². The van der Waals surface area contributed by atoms with Gasteiger partial charge < -0.3 is 19.0 Å². The quantitative estimate of drug-likeness (QED) is 0.901. The van der Waals surface area contributed by atoms with E-state index in [9.17, 15) is 5.11 Å². The van der Waals surface area contributed by atoms with E-state index in [-0.39, 0.29) is 12.0 Å². The van der Waals surface area contributed by atoms with Crippen molar-refractivity contribution in [2.45, 2.75) is 38.0 Å². The Morgan fingerprint density at radius 2 is 2.00 bits per heavy atom. The molecule has 0 radical (unpaired) electrons. The van der Waals surface area contributed by atoms with Crippen LogP contribution >= 0.6 is 0 Å². The van der Waals surface area contributed by atoms with Crippen LogP contribution in [0.1, 0.15) is 25.0 Å². The van der Waals surface area contributed by atoms with Crippen LogP contribution in [0.4, 0.5) is 0 Å². The molecule has 2 aromatic rings. The molecular formula is C20H25NO4. The number of aliphatic hydroxyl groups is 1. The van der Waals surface area contributed by atoms with Gasteiger partial charge in [0.05, 0.1) is 19.3 Å². The van der Waals surface area contributed by atoms with E-state index in [0.29, 0.717) is 25.2 Å². The maximum Gasteiger partial charge on any atom is 0.290 e. The van der Waals surface area contributed by atoms with Crippen molar-refractivity contribution < 1.29 is 19.0 Å². The van der Waals surface area contributed by atoms with Crippen LogP contribution in [0.2, 0.25) is 0 Å². The largest absolute Gasteiger partial charge is 0.429 e. The Labute approximate surface area is 148 Å². The first kappa shape index (κ1) is 16.6. The van der Waals surface area contributed by atoms with Crippen LogP contribution in [0.3, 0.4) is 0 Å². The molecule has 5 nitrogen and oxygen atoms in total. The molecule has 25 heavy (non-hydrogen) atoms. The molecule has 0 spiro atoms. The number of likely N-dealkylation sites (tertiary alicyclic amines) is 1. The summed E-state index contributed by atoms with van der Waals surface area (Å²) in [5.41, 5.74) is 0. The topological polar surface area (TPSA) is 55.1 Å². The molecule has 2 aliphatic rings. The van der Waals surface area contributed by atoms with Crippen molar-refractivity contribution >= 4 is 0 Å². The molecule has 1 aromatic heterocycles. The van der Waals surface area contributed by atoms with E-state index in [4.69, 9.17) is 13.9 Å². The van der Waals surface area contributed by atoms with Crippen LogP contribution < -0.4 is 4.74 Å². The number of furan rings is 1. The molecule has 3 atom stereocenters. The third kappa shape index (κ3) is 3.89. The first-order chi connectivity index (χ1) is 12.3. The van der Waals surface area contributed by atoms with Gasteiger partial charge >= 0.3 is 0 Å². The number of nitrogens with zero attached hydrogens (tertiary/aromatic N) is 1. The molecule has 2 fully saturated rings. The molecule has 2 saturated heterocycles. The van der Waals surface area contributed by atoms with Gasteiger partial charge in [-0.2, -0.15) is 0 Å². The number of hydrogen-bond donors (Lipinski definition) is 1. The van der Waals surface area contributed by atoms with Crippen LogP contribution in [0, 0.1) is 5.92 Å². The van der Waals surface area contributed by atoms with E-state index in [1.807, 2.05) is 42.5 Å². The molecule has 1 aromatic carbocycles. The monoisotopic (exact) mass is 343 g/mol. The minimum Gasteiger partial charge on any atom is -0.429 e. The average molecular weight is 343 g/mol. The van der Waals surface area contributed by atoms with Crippen molar-refractivity contribution in [1.82, 2.24) is 4.90 Å². The van der Waals surface area contributed by atoms with Crippen molar-refractivity contribution in [3.05, 3.63) is 48.2 Å². The third-order valence-electron chi connectivity index (χ3n) is 5.23. The Hall–Kier alpha value is -1.82. The maximum atomic E-state index is 10.3. The lowest BCUT2D eigenvalue weighted by atomic mass is 9.89. The zero-order valence-electron chi connectivity index (χ0n) is 14.3. The molecule has 2 aliphatic heterocycles. The highest BCUT2D eigenvalue weighted by atomic mass is 16.6. The number of rotatable bonds is 5. The molecule has 0 amide bonds. The lowest BCUT2D eigenvalue weighted by Gasteiger charge is -2.36. The standard InChI is InChI=1S/C20H25NO4/c22-19-10-12-23-14-17(19)18-7-4-11-21(18)13-16-8-9-20(25-16)24-15-5-2-1-3-6-15/h1-3,5-6,8-9,17-19,22H,4,7,10-14H2. The highest BCUT2D eigenvalue weighted by Gasteiger charge is 2.37. The smallest absolute Gasteiger partial charge is 0.290 e. The van der Waals surface area contributed by atoms with Gasteiger partial charge in [-0.15, -0.1) is 0 Å². The average Bonchev–Trinajstić information content (AvgIpc) is 3.26. The summed E-state index contributed by atoms with van der Waals surface area (Å²) in [4.78, 5) is 2.41. The second-order valence-corrected chi connectivity index (χ2v) is 6.91. The Morgan fingerprint density at radius 3 is 2.84 bits per heavy atom. The SMILES string of the molecule is OC1CCOCC1C1CCCN1Cc1ccc(Oc2ccccc2)o1. The van der Waals surface area contributed by atoms with Crippen molar-refractivity contribution in [2.75, 3.05) is 19.8 Å². The molecule has 1 N–H and O–H groups in total. The van der Waals surface area contributed by atoms with E-state index in [2.05, 4.69) is 4.90 Å². The van der Waals surface area contributed by atoms with Crippen LogP contribution in [0.25, 0.3) is 0 Å².